The lowest BCUT2D eigenvalue weighted by atomic mass is 10.1. The number of sulfonamides is 1. The van der Waals surface area contributed by atoms with E-state index in [0.717, 1.165) is 15.9 Å². The second-order valence-corrected chi connectivity index (χ2v) is 10.8. The highest BCUT2D eigenvalue weighted by Crippen LogP contribution is 2.29. The van der Waals surface area contributed by atoms with E-state index in [0.29, 0.717) is 33.1 Å². The third-order valence-corrected chi connectivity index (χ3v) is 7.42. The first-order valence-corrected chi connectivity index (χ1v) is 13.6. The molecule has 0 unspecified atom stereocenters. The van der Waals surface area contributed by atoms with E-state index >= 15 is 0 Å². The fraction of sp³-hybridized carbons (Fsp3) is 0.280. The molecule has 2 amide bonds. The number of nitrogens with one attached hydrogen (secondary N) is 1. The zero-order valence-corrected chi connectivity index (χ0v) is 22.0. The van der Waals surface area contributed by atoms with Crippen molar-refractivity contribution in [2.24, 2.45) is 0 Å². The second kappa shape index (κ2) is 11.3. The van der Waals surface area contributed by atoms with Crippen LogP contribution in [0, 0.1) is 0 Å². The fourth-order valence-corrected chi connectivity index (χ4v) is 5.27. The third-order valence-electron chi connectivity index (χ3n) is 5.70. The van der Waals surface area contributed by atoms with Crippen LogP contribution in [0.1, 0.15) is 18.9 Å². The zero-order valence-electron chi connectivity index (χ0n) is 19.7. The van der Waals surface area contributed by atoms with E-state index in [1.165, 1.54) is 11.9 Å². The van der Waals surface area contributed by atoms with Crippen molar-refractivity contribution in [1.29, 1.82) is 0 Å². The van der Waals surface area contributed by atoms with Crippen molar-refractivity contribution < 1.29 is 18.0 Å². The molecule has 0 aliphatic rings. The molecule has 1 N–H and O–H groups in total. The molecule has 0 aliphatic heterocycles. The minimum atomic E-state index is -3.84. The molecular weight excluding hydrogens is 509 g/mol. The SMILES string of the molecule is CC[C@H](C(=O)NC)N(Cc1ccc(Cl)cc1Cl)C(=O)CN(c1cccc2ccccc12)S(C)(=O)=O. The summed E-state index contributed by atoms with van der Waals surface area (Å²) in [6.07, 6.45) is 1.38. The topological polar surface area (TPSA) is 86.8 Å². The van der Waals surface area contributed by atoms with Crippen LogP contribution >= 0.6 is 23.2 Å². The Morgan fingerprint density at radius 1 is 1.03 bits per heavy atom. The molecule has 0 aromatic heterocycles. The van der Waals surface area contributed by atoms with Gasteiger partial charge in [-0.25, -0.2) is 8.42 Å². The van der Waals surface area contributed by atoms with Crippen LogP contribution in [0.15, 0.2) is 60.7 Å². The molecule has 1 atom stereocenters. The van der Waals surface area contributed by atoms with Crippen LogP contribution in [0.5, 0.6) is 0 Å². The summed E-state index contributed by atoms with van der Waals surface area (Å²) in [5.41, 5.74) is 0.972. The Kier molecular flexibility index (Phi) is 8.64. The molecule has 3 aromatic carbocycles. The number of halogens is 2. The normalized spacial score (nSPS) is 12.3. The summed E-state index contributed by atoms with van der Waals surface area (Å²) in [6.45, 7) is 1.31. The van der Waals surface area contributed by atoms with Gasteiger partial charge in [0.1, 0.15) is 12.6 Å². The van der Waals surface area contributed by atoms with Crippen molar-refractivity contribution >= 4 is 61.5 Å². The monoisotopic (exact) mass is 535 g/mol. The number of hydrogen-bond donors (Lipinski definition) is 1. The van der Waals surface area contributed by atoms with Crippen molar-refractivity contribution in [3.8, 4) is 0 Å². The molecule has 3 rings (SSSR count). The number of benzene rings is 3. The van der Waals surface area contributed by atoms with Gasteiger partial charge in [-0.1, -0.05) is 72.6 Å². The molecule has 0 saturated carbocycles. The molecule has 186 valence electrons. The maximum atomic E-state index is 13.7. The van der Waals surface area contributed by atoms with Crippen LogP contribution in [0.3, 0.4) is 0 Å². The van der Waals surface area contributed by atoms with Crippen LogP contribution < -0.4 is 9.62 Å². The molecule has 0 heterocycles. The Morgan fingerprint density at radius 3 is 2.34 bits per heavy atom. The minimum absolute atomic E-state index is 0.00784. The van der Waals surface area contributed by atoms with Crippen molar-refractivity contribution in [1.82, 2.24) is 10.2 Å². The van der Waals surface area contributed by atoms with E-state index in [9.17, 15) is 18.0 Å². The van der Waals surface area contributed by atoms with E-state index in [1.54, 1.807) is 43.3 Å². The molecule has 3 aromatic rings. The Hall–Kier alpha value is -2.81. The quantitative estimate of drug-likeness (QED) is 0.438. The molecule has 0 radical (unpaired) electrons. The highest BCUT2D eigenvalue weighted by atomic mass is 35.5. The number of anilines is 1. The summed E-state index contributed by atoms with van der Waals surface area (Å²) in [5.74, 6) is -0.896. The number of likely N-dealkylation sites (N-methyl/N-ethyl adjacent to an activating group) is 1. The predicted octanol–water partition coefficient (Wildman–Crippen LogP) is 4.47. The number of rotatable bonds is 9. The molecule has 0 bridgehead atoms. The lowest BCUT2D eigenvalue weighted by Gasteiger charge is -2.33. The number of amides is 2. The molecule has 7 nitrogen and oxygen atoms in total. The second-order valence-electron chi connectivity index (χ2n) is 8.06. The van der Waals surface area contributed by atoms with E-state index < -0.39 is 28.5 Å². The Balaban J connectivity index is 2.05. The van der Waals surface area contributed by atoms with Gasteiger partial charge in [-0.05, 0) is 35.6 Å². The van der Waals surface area contributed by atoms with Crippen molar-refractivity contribution in [3.05, 3.63) is 76.3 Å². The van der Waals surface area contributed by atoms with Gasteiger partial charge in [-0.2, -0.15) is 0 Å². The Bertz CT molecular complexity index is 1340. The maximum Gasteiger partial charge on any atom is 0.244 e. The highest BCUT2D eigenvalue weighted by Gasteiger charge is 2.32. The van der Waals surface area contributed by atoms with Crippen LogP contribution in [-0.2, 0) is 26.2 Å². The largest absolute Gasteiger partial charge is 0.357 e. The first kappa shape index (κ1) is 26.8. The lowest BCUT2D eigenvalue weighted by Crippen LogP contribution is -2.51. The van der Waals surface area contributed by atoms with Crippen molar-refractivity contribution in [2.75, 3.05) is 24.2 Å². The summed E-state index contributed by atoms with van der Waals surface area (Å²) in [6, 6.07) is 16.7. The number of carbonyl (C=O) groups excluding carboxylic acids is 2. The van der Waals surface area contributed by atoms with Gasteiger partial charge in [0.2, 0.25) is 21.8 Å². The van der Waals surface area contributed by atoms with Crippen LogP contribution in [-0.4, -0.2) is 51.0 Å². The van der Waals surface area contributed by atoms with Crippen LogP contribution in [0.2, 0.25) is 10.0 Å². The Labute approximate surface area is 215 Å². The molecule has 0 spiro atoms. The average molecular weight is 536 g/mol. The van der Waals surface area contributed by atoms with Gasteiger partial charge < -0.3 is 10.2 Å². The van der Waals surface area contributed by atoms with Crippen molar-refractivity contribution in [3.63, 3.8) is 0 Å². The molecule has 0 fully saturated rings. The molecule has 0 aliphatic carbocycles. The van der Waals surface area contributed by atoms with Crippen LogP contribution in [0.25, 0.3) is 10.8 Å². The lowest BCUT2D eigenvalue weighted by molar-refractivity contribution is -0.140. The number of fused-ring (bicyclic) bond motifs is 1. The summed E-state index contributed by atoms with van der Waals surface area (Å²) in [4.78, 5) is 27.7. The van der Waals surface area contributed by atoms with Gasteiger partial charge in [0, 0.05) is 29.0 Å². The van der Waals surface area contributed by atoms with E-state index in [2.05, 4.69) is 5.32 Å². The van der Waals surface area contributed by atoms with E-state index in [1.807, 2.05) is 24.3 Å². The first-order chi connectivity index (χ1) is 16.6. The fourth-order valence-electron chi connectivity index (χ4n) is 3.94. The summed E-state index contributed by atoms with van der Waals surface area (Å²) < 4.78 is 26.8. The first-order valence-electron chi connectivity index (χ1n) is 11.0. The van der Waals surface area contributed by atoms with Crippen LogP contribution in [0.4, 0.5) is 5.69 Å². The van der Waals surface area contributed by atoms with Gasteiger partial charge in [0.05, 0.1) is 11.9 Å². The number of carbonyl (C=O) groups is 2. The standard InChI is InChI=1S/C25H27Cl2N3O4S/c1-4-22(25(32)28-2)29(15-18-12-13-19(26)14-21(18)27)24(31)16-30(35(3,33)34)23-11-7-9-17-8-5-6-10-20(17)23/h5-14,22H,4,15-16H2,1-3H3,(H,28,32)/t22-/m1/s1. The van der Waals surface area contributed by atoms with Gasteiger partial charge in [0.15, 0.2) is 0 Å². The smallest absolute Gasteiger partial charge is 0.244 e. The molecule has 10 heteroatoms. The Morgan fingerprint density at radius 2 is 1.71 bits per heavy atom. The summed E-state index contributed by atoms with van der Waals surface area (Å²) in [5, 5.41) is 4.90. The molecule has 0 saturated heterocycles. The summed E-state index contributed by atoms with van der Waals surface area (Å²) in [7, 11) is -2.35. The number of nitrogens with zero attached hydrogens (tertiary/aromatic N) is 2. The highest BCUT2D eigenvalue weighted by molar-refractivity contribution is 7.92. The van der Waals surface area contributed by atoms with Gasteiger partial charge in [-0.3, -0.25) is 13.9 Å². The molecule has 35 heavy (non-hydrogen) atoms. The van der Waals surface area contributed by atoms with E-state index in [4.69, 9.17) is 23.2 Å². The van der Waals surface area contributed by atoms with E-state index in [-0.39, 0.29) is 12.5 Å². The predicted molar refractivity (Wildman–Crippen MR) is 141 cm³/mol. The third kappa shape index (κ3) is 6.25. The maximum absolute atomic E-state index is 13.7. The summed E-state index contributed by atoms with van der Waals surface area (Å²) >= 11 is 12.4. The van der Waals surface area contributed by atoms with Crippen molar-refractivity contribution in [2.45, 2.75) is 25.9 Å². The zero-order chi connectivity index (χ0) is 25.8. The number of hydrogen-bond acceptors (Lipinski definition) is 4. The van der Waals surface area contributed by atoms with Gasteiger partial charge in [-0.15, -0.1) is 0 Å². The minimum Gasteiger partial charge on any atom is -0.357 e. The molecular formula is C25H27Cl2N3O4S. The van der Waals surface area contributed by atoms with Gasteiger partial charge in [0.25, 0.3) is 0 Å². The van der Waals surface area contributed by atoms with Gasteiger partial charge >= 0.3 is 0 Å². The average Bonchev–Trinajstić information content (AvgIpc) is 2.82.